The molecule has 0 saturated heterocycles. The molecule has 0 fully saturated rings. The summed E-state index contributed by atoms with van der Waals surface area (Å²) in [6.45, 7) is 4.94. The number of rotatable bonds is 71. The molecule has 0 aromatic heterocycles. The van der Waals surface area contributed by atoms with Crippen LogP contribution in [0, 0.1) is 0 Å². The quantitative estimate of drug-likeness (QED) is 0.0222. The lowest BCUT2D eigenvalue weighted by Gasteiger charge is -2.21. The molecule has 0 saturated carbocycles. The molecule has 2 unspecified atom stereocenters. The fourth-order valence-electron chi connectivity index (χ4n) is 10.7. The van der Waals surface area contributed by atoms with Crippen LogP contribution in [0.25, 0.3) is 0 Å². The first-order chi connectivity index (χ1) is 43.2. The second kappa shape index (κ2) is 64.8. The topological polar surface area (TPSA) is 237 Å². The largest absolute Gasteiger partial charge is 0.472 e. The smallest absolute Gasteiger partial charge is 0.462 e. The minimum atomic E-state index is -4.95. The number of unbranched alkanes of at least 4 members (excludes halogenated alkanes) is 45. The molecular weight excluding hydrogens is 1170 g/mol. The van der Waals surface area contributed by atoms with Gasteiger partial charge in [-0.25, -0.2) is 9.13 Å². The SMILES string of the molecule is CCCCCCCCCCCCCCCCCC(=O)O[C@H](COC(=O)CCCCCCCCCCCCCCCC)COP(=O)(O)OC[C@@H](O)COP(=O)(O)OC[C@@H](COC(=O)CCCCCCCCCCC)OC(=O)CCCCCCCCCCCCC. The highest BCUT2D eigenvalue weighted by atomic mass is 31.2. The molecule has 0 heterocycles. The molecule has 0 aliphatic rings. The van der Waals surface area contributed by atoms with E-state index in [-0.39, 0.29) is 25.7 Å². The predicted octanol–water partition coefficient (Wildman–Crippen LogP) is 20.3. The Morgan fingerprint density at radius 2 is 0.449 bits per heavy atom. The van der Waals surface area contributed by atoms with E-state index < -0.39 is 97.5 Å². The Labute approximate surface area is 543 Å². The zero-order chi connectivity index (χ0) is 65.4. The molecule has 17 nitrogen and oxygen atoms in total. The van der Waals surface area contributed by atoms with Gasteiger partial charge in [-0.2, -0.15) is 0 Å². The predicted molar refractivity (Wildman–Crippen MR) is 359 cm³/mol. The molecule has 0 rings (SSSR count). The molecular formula is C70H136O17P2. The van der Waals surface area contributed by atoms with Crippen molar-refractivity contribution in [2.75, 3.05) is 39.6 Å². The van der Waals surface area contributed by atoms with Crippen LogP contribution in [0.3, 0.4) is 0 Å². The van der Waals surface area contributed by atoms with Crippen LogP contribution in [0.2, 0.25) is 0 Å². The van der Waals surface area contributed by atoms with Crippen molar-refractivity contribution in [2.45, 2.75) is 386 Å². The van der Waals surface area contributed by atoms with E-state index in [4.69, 9.17) is 37.0 Å². The van der Waals surface area contributed by atoms with Crippen LogP contribution in [0.4, 0.5) is 0 Å². The maximum Gasteiger partial charge on any atom is 0.472 e. The molecule has 89 heavy (non-hydrogen) atoms. The van der Waals surface area contributed by atoms with Crippen molar-refractivity contribution < 1.29 is 80.2 Å². The third kappa shape index (κ3) is 64.6. The maximum atomic E-state index is 13.0. The van der Waals surface area contributed by atoms with Gasteiger partial charge >= 0.3 is 39.5 Å². The summed E-state index contributed by atoms with van der Waals surface area (Å²) in [6.07, 6.45) is 52.5. The van der Waals surface area contributed by atoms with Crippen LogP contribution >= 0.6 is 15.6 Å². The highest BCUT2D eigenvalue weighted by molar-refractivity contribution is 7.47. The summed E-state index contributed by atoms with van der Waals surface area (Å²) in [7, 11) is -9.89. The van der Waals surface area contributed by atoms with Crippen LogP contribution < -0.4 is 0 Å². The van der Waals surface area contributed by atoms with Gasteiger partial charge in [0.1, 0.15) is 19.3 Å². The summed E-state index contributed by atoms with van der Waals surface area (Å²) in [5.74, 6) is -2.12. The number of phosphoric acid groups is 2. The zero-order valence-electron chi connectivity index (χ0n) is 57.4. The van der Waals surface area contributed by atoms with Gasteiger partial charge in [-0.3, -0.25) is 37.3 Å². The molecule has 0 spiro atoms. The molecule has 0 aliphatic carbocycles. The van der Waals surface area contributed by atoms with Gasteiger partial charge in [0.15, 0.2) is 12.2 Å². The summed E-state index contributed by atoms with van der Waals surface area (Å²) < 4.78 is 68.3. The lowest BCUT2D eigenvalue weighted by Crippen LogP contribution is -2.30. The van der Waals surface area contributed by atoms with E-state index in [9.17, 15) is 43.2 Å². The van der Waals surface area contributed by atoms with Gasteiger partial charge in [-0.1, -0.05) is 317 Å². The summed E-state index contributed by atoms with van der Waals surface area (Å²) in [5.41, 5.74) is 0. The first-order valence-corrected chi connectivity index (χ1v) is 39.8. The lowest BCUT2D eigenvalue weighted by molar-refractivity contribution is -0.161. The second-order valence-corrected chi connectivity index (χ2v) is 28.2. The highest BCUT2D eigenvalue weighted by Crippen LogP contribution is 2.45. The number of hydrogen-bond acceptors (Lipinski definition) is 15. The molecule has 0 amide bonds. The Balaban J connectivity index is 5.23. The number of phosphoric ester groups is 2. The molecule has 0 aromatic rings. The van der Waals surface area contributed by atoms with Crippen LogP contribution in [0.5, 0.6) is 0 Å². The molecule has 528 valence electrons. The summed E-state index contributed by atoms with van der Waals surface area (Å²) in [4.78, 5) is 72.5. The van der Waals surface area contributed by atoms with Crippen LogP contribution in [0.15, 0.2) is 0 Å². The Morgan fingerprint density at radius 1 is 0.270 bits per heavy atom. The molecule has 0 aromatic carbocycles. The number of aliphatic hydroxyl groups is 1. The van der Waals surface area contributed by atoms with Gasteiger partial charge in [-0.05, 0) is 25.7 Å². The summed E-state index contributed by atoms with van der Waals surface area (Å²) >= 11 is 0. The third-order valence-corrected chi connectivity index (χ3v) is 18.3. The average Bonchev–Trinajstić information content (AvgIpc) is 3.69. The van der Waals surface area contributed by atoms with Gasteiger partial charge in [0, 0.05) is 25.7 Å². The van der Waals surface area contributed by atoms with Crippen LogP contribution in [-0.2, 0) is 65.4 Å². The molecule has 0 aliphatic heterocycles. The molecule has 0 bridgehead atoms. The first-order valence-electron chi connectivity index (χ1n) is 36.8. The van der Waals surface area contributed by atoms with Crippen molar-refractivity contribution in [3.05, 3.63) is 0 Å². The lowest BCUT2D eigenvalue weighted by atomic mass is 10.0. The standard InChI is InChI=1S/C70H136O17P2/c1-5-9-13-17-21-25-28-30-32-34-37-41-45-49-53-57-70(75)87-66(61-81-68(73)55-51-47-43-39-36-33-31-29-26-22-18-14-10-6-2)63-85-89(78,79)83-59-64(71)58-82-88(76,77)84-62-65(60-80-67(72)54-50-46-42-38-24-20-16-12-8-4)86-69(74)56-52-48-44-40-35-27-23-19-15-11-7-3/h64-66,71H,5-63H2,1-4H3,(H,76,77)(H,78,79)/t64-,65+,66+/m0/s1. The summed E-state index contributed by atoms with van der Waals surface area (Å²) in [5, 5.41) is 10.6. The van der Waals surface area contributed by atoms with Gasteiger partial charge in [0.25, 0.3) is 0 Å². The van der Waals surface area contributed by atoms with Gasteiger partial charge < -0.3 is 33.8 Å². The van der Waals surface area contributed by atoms with E-state index in [1.54, 1.807) is 0 Å². The number of aliphatic hydroxyl groups excluding tert-OH is 1. The van der Waals surface area contributed by atoms with Gasteiger partial charge in [-0.15, -0.1) is 0 Å². The number of ether oxygens (including phenoxy) is 4. The zero-order valence-corrected chi connectivity index (χ0v) is 59.2. The van der Waals surface area contributed by atoms with Crippen molar-refractivity contribution in [1.29, 1.82) is 0 Å². The van der Waals surface area contributed by atoms with Crippen molar-refractivity contribution in [1.82, 2.24) is 0 Å². The van der Waals surface area contributed by atoms with Crippen LogP contribution in [0.1, 0.15) is 368 Å². The van der Waals surface area contributed by atoms with Crippen molar-refractivity contribution in [2.24, 2.45) is 0 Å². The normalized spacial score (nSPS) is 14.0. The fourth-order valence-corrected chi connectivity index (χ4v) is 12.3. The minimum Gasteiger partial charge on any atom is -0.462 e. The minimum absolute atomic E-state index is 0.107. The van der Waals surface area contributed by atoms with Gasteiger partial charge in [0.05, 0.1) is 26.4 Å². The molecule has 5 atom stereocenters. The van der Waals surface area contributed by atoms with E-state index in [0.29, 0.717) is 25.7 Å². The second-order valence-electron chi connectivity index (χ2n) is 25.3. The van der Waals surface area contributed by atoms with E-state index in [0.717, 1.165) is 89.9 Å². The Kier molecular flexibility index (Phi) is 63.3. The fraction of sp³-hybridized carbons (Fsp3) is 0.943. The monoisotopic (exact) mass is 1310 g/mol. The van der Waals surface area contributed by atoms with E-state index in [1.165, 1.54) is 199 Å². The Bertz CT molecular complexity index is 1710. The first kappa shape index (κ1) is 87.1. The highest BCUT2D eigenvalue weighted by Gasteiger charge is 2.30. The maximum absolute atomic E-state index is 13.0. The Hall–Kier alpha value is -1.94. The molecule has 0 radical (unpaired) electrons. The molecule has 19 heteroatoms. The van der Waals surface area contributed by atoms with Gasteiger partial charge in [0.2, 0.25) is 0 Å². The molecule has 3 N–H and O–H groups in total. The summed E-state index contributed by atoms with van der Waals surface area (Å²) in [6, 6.07) is 0. The number of hydrogen-bond donors (Lipinski definition) is 3. The van der Waals surface area contributed by atoms with E-state index >= 15 is 0 Å². The van der Waals surface area contributed by atoms with Crippen LogP contribution in [-0.4, -0.2) is 96.7 Å². The van der Waals surface area contributed by atoms with Crippen molar-refractivity contribution >= 4 is 39.5 Å². The number of carbonyl (C=O) groups is 4. The van der Waals surface area contributed by atoms with Crippen molar-refractivity contribution in [3.63, 3.8) is 0 Å². The average molecular weight is 1310 g/mol. The van der Waals surface area contributed by atoms with Crippen molar-refractivity contribution in [3.8, 4) is 0 Å². The Morgan fingerprint density at radius 3 is 0.663 bits per heavy atom. The number of carbonyl (C=O) groups excluding carboxylic acids is 4. The van der Waals surface area contributed by atoms with E-state index in [2.05, 4.69) is 27.7 Å². The van der Waals surface area contributed by atoms with E-state index in [1.807, 2.05) is 0 Å². The third-order valence-electron chi connectivity index (χ3n) is 16.4. The number of esters is 4.